The van der Waals surface area contributed by atoms with Gasteiger partial charge in [0.2, 0.25) is 0 Å². The van der Waals surface area contributed by atoms with Crippen molar-refractivity contribution < 1.29 is 9.90 Å². The molecule has 0 bridgehead atoms. The number of carboxylic acids is 1. The third-order valence-corrected chi connectivity index (χ3v) is 2.78. The summed E-state index contributed by atoms with van der Waals surface area (Å²) in [7, 11) is 0. The Balaban J connectivity index is 2.37. The van der Waals surface area contributed by atoms with E-state index in [1.807, 2.05) is 6.92 Å². The highest BCUT2D eigenvalue weighted by Gasteiger charge is 2.45. The van der Waals surface area contributed by atoms with Gasteiger partial charge in [0, 0.05) is 0 Å². The van der Waals surface area contributed by atoms with Crippen LogP contribution < -0.4 is 0 Å². The standard InChI is InChI=1S/C9H16O2/c1-5(2)7-4-8(7)6(3)9(10)11/h5-8H,4H2,1-3H3,(H,10,11). The molecule has 0 aromatic heterocycles. The summed E-state index contributed by atoms with van der Waals surface area (Å²) in [6, 6.07) is 0. The summed E-state index contributed by atoms with van der Waals surface area (Å²) < 4.78 is 0. The molecule has 1 saturated carbocycles. The summed E-state index contributed by atoms with van der Waals surface area (Å²) in [6.07, 6.45) is 1.12. The molecule has 1 fully saturated rings. The molecule has 2 nitrogen and oxygen atoms in total. The maximum absolute atomic E-state index is 10.5. The summed E-state index contributed by atoms with van der Waals surface area (Å²) >= 11 is 0. The SMILES string of the molecule is CC(C)C1CC1C(C)C(=O)O. The van der Waals surface area contributed by atoms with Crippen LogP contribution in [0.2, 0.25) is 0 Å². The van der Waals surface area contributed by atoms with Gasteiger partial charge in [-0.3, -0.25) is 4.79 Å². The minimum Gasteiger partial charge on any atom is -0.481 e. The highest BCUT2D eigenvalue weighted by atomic mass is 16.4. The summed E-state index contributed by atoms with van der Waals surface area (Å²) in [5, 5.41) is 8.69. The van der Waals surface area contributed by atoms with Gasteiger partial charge in [0.25, 0.3) is 0 Å². The molecule has 0 aliphatic heterocycles. The predicted molar refractivity (Wildman–Crippen MR) is 43.2 cm³/mol. The van der Waals surface area contributed by atoms with E-state index >= 15 is 0 Å². The average Bonchev–Trinajstić information content (AvgIpc) is 2.63. The van der Waals surface area contributed by atoms with Crippen LogP contribution in [-0.4, -0.2) is 11.1 Å². The van der Waals surface area contributed by atoms with Crippen molar-refractivity contribution in [3.8, 4) is 0 Å². The molecule has 0 radical (unpaired) electrons. The topological polar surface area (TPSA) is 37.3 Å². The second kappa shape index (κ2) is 2.84. The Morgan fingerprint density at radius 3 is 2.18 bits per heavy atom. The lowest BCUT2D eigenvalue weighted by atomic mass is 10.00. The fraction of sp³-hybridized carbons (Fsp3) is 0.889. The maximum Gasteiger partial charge on any atom is 0.306 e. The van der Waals surface area contributed by atoms with Gasteiger partial charge in [0.05, 0.1) is 5.92 Å². The molecule has 2 heteroatoms. The highest BCUT2D eigenvalue weighted by molar-refractivity contribution is 5.70. The number of carbonyl (C=O) groups is 1. The van der Waals surface area contributed by atoms with Crippen molar-refractivity contribution in [1.82, 2.24) is 0 Å². The fourth-order valence-corrected chi connectivity index (χ4v) is 1.76. The van der Waals surface area contributed by atoms with Gasteiger partial charge in [0.1, 0.15) is 0 Å². The van der Waals surface area contributed by atoms with Crippen LogP contribution in [0.5, 0.6) is 0 Å². The van der Waals surface area contributed by atoms with Crippen LogP contribution in [0.1, 0.15) is 27.2 Å². The van der Waals surface area contributed by atoms with Crippen molar-refractivity contribution in [2.45, 2.75) is 27.2 Å². The van der Waals surface area contributed by atoms with Gasteiger partial charge in [-0.05, 0) is 24.2 Å². The molecule has 0 aromatic rings. The van der Waals surface area contributed by atoms with Gasteiger partial charge in [-0.15, -0.1) is 0 Å². The van der Waals surface area contributed by atoms with Crippen molar-refractivity contribution in [2.75, 3.05) is 0 Å². The average molecular weight is 156 g/mol. The van der Waals surface area contributed by atoms with Crippen molar-refractivity contribution in [2.24, 2.45) is 23.7 Å². The van der Waals surface area contributed by atoms with Gasteiger partial charge in [-0.1, -0.05) is 20.8 Å². The second-order valence-electron chi connectivity index (χ2n) is 3.93. The summed E-state index contributed by atoms with van der Waals surface area (Å²) in [6.45, 7) is 6.15. The van der Waals surface area contributed by atoms with Crippen LogP contribution in [0.25, 0.3) is 0 Å². The Kier molecular flexibility index (Phi) is 2.21. The van der Waals surface area contributed by atoms with Crippen molar-refractivity contribution >= 4 is 5.97 Å². The first-order valence-electron chi connectivity index (χ1n) is 4.26. The molecule has 0 spiro atoms. The molecule has 3 unspecified atom stereocenters. The number of hydrogen-bond donors (Lipinski definition) is 1. The largest absolute Gasteiger partial charge is 0.481 e. The van der Waals surface area contributed by atoms with E-state index in [4.69, 9.17) is 5.11 Å². The van der Waals surface area contributed by atoms with Crippen LogP contribution in [0.4, 0.5) is 0 Å². The van der Waals surface area contributed by atoms with Crippen molar-refractivity contribution in [3.63, 3.8) is 0 Å². The zero-order valence-corrected chi connectivity index (χ0v) is 7.37. The van der Waals surface area contributed by atoms with Crippen LogP contribution in [0.15, 0.2) is 0 Å². The van der Waals surface area contributed by atoms with Crippen LogP contribution in [0.3, 0.4) is 0 Å². The van der Waals surface area contributed by atoms with Crippen molar-refractivity contribution in [1.29, 1.82) is 0 Å². The highest BCUT2D eigenvalue weighted by Crippen LogP contribution is 2.48. The summed E-state index contributed by atoms with van der Waals surface area (Å²) in [5.41, 5.74) is 0. The lowest BCUT2D eigenvalue weighted by molar-refractivity contribution is -0.141. The quantitative estimate of drug-likeness (QED) is 0.678. The molecular formula is C9H16O2. The second-order valence-corrected chi connectivity index (χ2v) is 3.93. The Hall–Kier alpha value is -0.530. The molecule has 0 saturated heterocycles. The van der Waals surface area contributed by atoms with Gasteiger partial charge in [-0.25, -0.2) is 0 Å². The van der Waals surface area contributed by atoms with E-state index in [1.54, 1.807) is 0 Å². The molecule has 3 atom stereocenters. The van der Waals surface area contributed by atoms with E-state index in [0.29, 0.717) is 17.8 Å². The van der Waals surface area contributed by atoms with E-state index in [-0.39, 0.29) is 5.92 Å². The molecule has 0 aromatic carbocycles. The Morgan fingerprint density at radius 2 is 1.91 bits per heavy atom. The van der Waals surface area contributed by atoms with Crippen LogP contribution in [-0.2, 0) is 4.79 Å². The molecule has 1 rings (SSSR count). The van der Waals surface area contributed by atoms with Crippen LogP contribution >= 0.6 is 0 Å². The third kappa shape index (κ3) is 1.73. The van der Waals surface area contributed by atoms with E-state index in [0.717, 1.165) is 6.42 Å². The number of hydrogen-bond acceptors (Lipinski definition) is 1. The van der Waals surface area contributed by atoms with Crippen molar-refractivity contribution in [3.05, 3.63) is 0 Å². The minimum atomic E-state index is -0.641. The Bertz CT molecular complexity index is 163. The first-order chi connectivity index (χ1) is 5.04. The fourth-order valence-electron chi connectivity index (χ4n) is 1.76. The van der Waals surface area contributed by atoms with Gasteiger partial charge < -0.3 is 5.11 Å². The maximum atomic E-state index is 10.5. The predicted octanol–water partition coefficient (Wildman–Crippen LogP) is 2.00. The van der Waals surface area contributed by atoms with E-state index in [1.165, 1.54) is 0 Å². The summed E-state index contributed by atoms with van der Waals surface area (Å²) in [4.78, 5) is 10.5. The lowest BCUT2D eigenvalue weighted by Gasteiger charge is -2.06. The van der Waals surface area contributed by atoms with Crippen LogP contribution in [0, 0.1) is 23.7 Å². The number of aliphatic carboxylic acids is 1. The van der Waals surface area contributed by atoms with E-state index in [9.17, 15) is 4.79 Å². The zero-order valence-electron chi connectivity index (χ0n) is 7.37. The minimum absolute atomic E-state index is 0.137. The third-order valence-electron chi connectivity index (χ3n) is 2.78. The monoisotopic (exact) mass is 156 g/mol. The number of rotatable bonds is 3. The first-order valence-corrected chi connectivity index (χ1v) is 4.26. The normalized spacial score (nSPS) is 32.0. The van der Waals surface area contributed by atoms with E-state index in [2.05, 4.69) is 13.8 Å². The summed E-state index contributed by atoms with van der Waals surface area (Å²) in [5.74, 6) is 0.996. The van der Waals surface area contributed by atoms with Gasteiger partial charge in [0.15, 0.2) is 0 Å². The van der Waals surface area contributed by atoms with E-state index < -0.39 is 5.97 Å². The van der Waals surface area contributed by atoms with Gasteiger partial charge >= 0.3 is 5.97 Å². The zero-order chi connectivity index (χ0) is 8.59. The molecular weight excluding hydrogens is 140 g/mol. The Labute approximate surface area is 67.6 Å². The molecule has 1 N–H and O–H groups in total. The van der Waals surface area contributed by atoms with Gasteiger partial charge in [-0.2, -0.15) is 0 Å². The molecule has 64 valence electrons. The molecule has 0 amide bonds. The Morgan fingerprint density at radius 1 is 1.36 bits per heavy atom. The molecule has 0 heterocycles. The smallest absolute Gasteiger partial charge is 0.306 e. The number of carboxylic acid groups (broad SMARTS) is 1. The lowest BCUT2D eigenvalue weighted by Crippen LogP contribution is -2.13. The molecule has 11 heavy (non-hydrogen) atoms. The first kappa shape index (κ1) is 8.57. The molecule has 1 aliphatic carbocycles. The molecule has 1 aliphatic rings.